The van der Waals surface area contributed by atoms with Crippen LogP contribution in [0.1, 0.15) is 6.42 Å². The number of likely N-dealkylation sites (N-methyl/N-ethyl adjacent to an activating group) is 1. The summed E-state index contributed by atoms with van der Waals surface area (Å²) in [4.78, 5) is 23.3. The van der Waals surface area contributed by atoms with Gasteiger partial charge in [0.25, 0.3) is 0 Å². The smallest absolute Gasteiger partial charge is 0.322 e. The summed E-state index contributed by atoms with van der Waals surface area (Å²) in [5.41, 5.74) is 0.559. The van der Waals surface area contributed by atoms with E-state index in [0.29, 0.717) is 24.6 Å². The van der Waals surface area contributed by atoms with Gasteiger partial charge in [-0.25, -0.2) is 8.42 Å². The van der Waals surface area contributed by atoms with Crippen molar-refractivity contribution in [2.45, 2.75) is 17.4 Å². The minimum Gasteiger partial charge on any atom is -0.490 e. The van der Waals surface area contributed by atoms with Gasteiger partial charge in [0.1, 0.15) is 18.4 Å². The molecule has 10 heteroatoms. The predicted molar refractivity (Wildman–Crippen MR) is 79.2 cm³/mol. The summed E-state index contributed by atoms with van der Waals surface area (Å²) in [6.45, 7) is 1.06. The zero-order valence-corrected chi connectivity index (χ0v) is 13.0. The molecule has 0 bridgehead atoms. The Morgan fingerprint density at radius 2 is 2.09 bits per heavy atom. The van der Waals surface area contributed by atoms with Crippen molar-refractivity contribution >= 4 is 27.6 Å². The number of sulfonamides is 1. The second-order valence-electron chi connectivity index (χ2n) is 5.01. The molecule has 1 heterocycles. The van der Waals surface area contributed by atoms with Crippen LogP contribution in [0.3, 0.4) is 0 Å². The van der Waals surface area contributed by atoms with Gasteiger partial charge in [-0.1, -0.05) is 0 Å². The second kappa shape index (κ2) is 6.42. The zero-order valence-electron chi connectivity index (χ0n) is 12.2. The molecule has 2 rings (SSSR count). The Bertz CT molecular complexity index is 732. The maximum atomic E-state index is 12.3. The third-order valence-electron chi connectivity index (χ3n) is 3.31. The molecule has 1 aromatic carbocycles. The van der Waals surface area contributed by atoms with Crippen LogP contribution in [0.4, 0.5) is 5.69 Å². The lowest BCUT2D eigenvalue weighted by Crippen LogP contribution is -2.42. The number of carbonyl (C=O) groups is 2. The highest BCUT2D eigenvalue weighted by atomic mass is 32.2. The Kier molecular flexibility index (Phi) is 4.76. The van der Waals surface area contributed by atoms with Crippen molar-refractivity contribution in [3.8, 4) is 5.75 Å². The van der Waals surface area contributed by atoms with Crippen LogP contribution in [0.2, 0.25) is 0 Å². The molecule has 0 amide bonds. The minimum absolute atomic E-state index is 0.162. The van der Waals surface area contributed by atoms with Crippen molar-refractivity contribution in [1.82, 2.24) is 4.72 Å². The van der Waals surface area contributed by atoms with Gasteiger partial charge in [-0.3, -0.25) is 9.59 Å². The highest BCUT2D eigenvalue weighted by molar-refractivity contribution is 7.89. The van der Waals surface area contributed by atoms with E-state index >= 15 is 0 Å². The first-order valence-corrected chi connectivity index (χ1v) is 8.14. The number of hydrogen-bond acceptors (Lipinski definition) is 6. The minimum atomic E-state index is -4.18. The number of benzene rings is 1. The number of aliphatic carboxylic acids is 2. The molecular weight excluding hydrogens is 328 g/mol. The second-order valence-corrected chi connectivity index (χ2v) is 6.72. The molecule has 0 spiro atoms. The molecule has 0 radical (unpaired) electrons. The van der Waals surface area contributed by atoms with E-state index in [1.54, 1.807) is 7.05 Å². The van der Waals surface area contributed by atoms with Crippen LogP contribution in [0, 0.1) is 0 Å². The summed E-state index contributed by atoms with van der Waals surface area (Å²) < 4.78 is 31.9. The molecule has 0 aromatic heterocycles. The standard InChI is InChI=1S/C13H16N2O7S/c1-15-4-5-22-11-3-2-8(6-10(11)15)23(20,21)14-9(13(18)19)7-12(16)17/h2-3,6,9,14H,4-5,7H2,1H3,(H,16,17)(H,18,19). The van der Waals surface area contributed by atoms with Gasteiger partial charge in [-0.15, -0.1) is 0 Å². The number of rotatable bonds is 6. The van der Waals surface area contributed by atoms with Gasteiger partial charge in [-0.2, -0.15) is 4.72 Å². The average Bonchev–Trinajstić information content (AvgIpc) is 2.46. The van der Waals surface area contributed by atoms with Gasteiger partial charge < -0.3 is 19.8 Å². The van der Waals surface area contributed by atoms with Gasteiger partial charge in [0.15, 0.2) is 0 Å². The van der Waals surface area contributed by atoms with E-state index < -0.39 is 34.4 Å². The Morgan fingerprint density at radius 3 is 2.70 bits per heavy atom. The first-order chi connectivity index (χ1) is 10.7. The van der Waals surface area contributed by atoms with Gasteiger partial charge in [0, 0.05) is 7.05 Å². The largest absolute Gasteiger partial charge is 0.490 e. The summed E-state index contributed by atoms with van der Waals surface area (Å²) in [6, 6.07) is 2.37. The molecule has 1 atom stereocenters. The van der Waals surface area contributed by atoms with Crippen molar-refractivity contribution in [2.75, 3.05) is 25.1 Å². The topological polar surface area (TPSA) is 133 Å². The van der Waals surface area contributed by atoms with Gasteiger partial charge >= 0.3 is 11.9 Å². The van der Waals surface area contributed by atoms with Crippen molar-refractivity contribution in [3.05, 3.63) is 18.2 Å². The normalized spacial score (nSPS) is 15.4. The van der Waals surface area contributed by atoms with E-state index in [1.165, 1.54) is 18.2 Å². The number of nitrogens with one attached hydrogen (secondary N) is 1. The van der Waals surface area contributed by atoms with Gasteiger partial charge in [0.2, 0.25) is 10.0 Å². The molecule has 1 unspecified atom stereocenters. The first-order valence-electron chi connectivity index (χ1n) is 6.65. The van der Waals surface area contributed by atoms with Crippen LogP contribution in [-0.4, -0.2) is 56.8 Å². The molecule has 1 aliphatic heterocycles. The summed E-state index contributed by atoms with van der Waals surface area (Å²) >= 11 is 0. The quantitative estimate of drug-likeness (QED) is 0.642. The number of nitrogens with zero attached hydrogens (tertiary/aromatic N) is 1. The van der Waals surface area contributed by atoms with E-state index in [0.717, 1.165) is 0 Å². The molecule has 23 heavy (non-hydrogen) atoms. The van der Waals surface area contributed by atoms with Gasteiger partial charge in [0.05, 0.1) is 23.5 Å². The lowest BCUT2D eigenvalue weighted by Gasteiger charge is -2.28. The number of anilines is 1. The van der Waals surface area contributed by atoms with Crippen molar-refractivity contribution in [2.24, 2.45) is 0 Å². The van der Waals surface area contributed by atoms with Crippen LogP contribution < -0.4 is 14.4 Å². The number of carboxylic acids is 2. The number of carboxylic acid groups (broad SMARTS) is 2. The molecule has 0 fully saturated rings. The van der Waals surface area contributed by atoms with E-state index in [9.17, 15) is 18.0 Å². The Morgan fingerprint density at radius 1 is 1.39 bits per heavy atom. The monoisotopic (exact) mass is 344 g/mol. The molecule has 0 saturated carbocycles. The maximum Gasteiger partial charge on any atom is 0.322 e. The Hall–Kier alpha value is -2.33. The van der Waals surface area contributed by atoms with Crippen LogP contribution in [-0.2, 0) is 19.6 Å². The van der Waals surface area contributed by atoms with E-state index in [2.05, 4.69) is 0 Å². The summed E-state index contributed by atoms with van der Waals surface area (Å²) in [5.74, 6) is -2.45. The summed E-state index contributed by atoms with van der Waals surface area (Å²) in [5, 5.41) is 17.6. The molecule has 0 aliphatic carbocycles. The maximum absolute atomic E-state index is 12.3. The fourth-order valence-corrected chi connectivity index (χ4v) is 3.32. The number of ether oxygens (including phenoxy) is 1. The molecular formula is C13H16N2O7S. The third-order valence-corrected chi connectivity index (χ3v) is 4.78. The highest BCUT2D eigenvalue weighted by Gasteiger charge is 2.28. The van der Waals surface area contributed by atoms with Crippen molar-refractivity contribution in [1.29, 1.82) is 0 Å². The number of hydrogen-bond donors (Lipinski definition) is 3. The molecule has 0 saturated heterocycles. The lowest BCUT2D eigenvalue weighted by atomic mass is 10.2. The molecule has 1 aromatic rings. The van der Waals surface area contributed by atoms with Crippen molar-refractivity contribution < 1.29 is 33.0 Å². The van der Waals surface area contributed by atoms with Crippen LogP contribution in [0.25, 0.3) is 0 Å². The van der Waals surface area contributed by atoms with Gasteiger partial charge in [-0.05, 0) is 18.2 Å². The van der Waals surface area contributed by atoms with Crippen LogP contribution >= 0.6 is 0 Å². The Labute approximate surface area is 132 Å². The zero-order chi connectivity index (χ0) is 17.2. The summed E-state index contributed by atoms with van der Waals surface area (Å²) in [7, 11) is -2.41. The van der Waals surface area contributed by atoms with Crippen LogP contribution in [0.15, 0.2) is 23.1 Å². The fraction of sp³-hybridized carbons (Fsp3) is 0.385. The lowest BCUT2D eigenvalue weighted by molar-refractivity contribution is -0.145. The SMILES string of the molecule is CN1CCOc2ccc(S(=O)(=O)NC(CC(=O)O)C(=O)O)cc21. The average molecular weight is 344 g/mol. The summed E-state index contributed by atoms with van der Waals surface area (Å²) in [6.07, 6.45) is -0.859. The Balaban J connectivity index is 2.30. The number of fused-ring (bicyclic) bond motifs is 1. The molecule has 126 valence electrons. The molecule has 3 N–H and O–H groups in total. The predicted octanol–water partition coefficient (Wildman–Crippen LogP) is -0.279. The van der Waals surface area contributed by atoms with E-state index in [1.807, 2.05) is 9.62 Å². The van der Waals surface area contributed by atoms with Crippen LogP contribution in [0.5, 0.6) is 5.75 Å². The van der Waals surface area contributed by atoms with E-state index in [4.69, 9.17) is 14.9 Å². The fourth-order valence-electron chi connectivity index (χ4n) is 2.11. The first kappa shape index (κ1) is 17.0. The third kappa shape index (κ3) is 3.90. The molecule has 9 nitrogen and oxygen atoms in total. The van der Waals surface area contributed by atoms with Crippen molar-refractivity contribution in [3.63, 3.8) is 0 Å². The van der Waals surface area contributed by atoms with E-state index in [-0.39, 0.29) is 4.90 Å². The molecule has 1 aliphatic rings. The highest BCUT2D eigenvalue weighted by Crippen LogP contribution is 2.32.